The summed E-state index contributed by atoms with van der Waals surface area (Å²) in [4.78, 5) is 6.35. The van der Waals surface area contributed by atoms with Gasteiger partial charge < -0.3 is 5.32 Å². The first-order valence-electron chi connectivity index (χ1n) is 6.75. The Morgan fingerprint density at radius 1 is 1.32 bits per heavy atom. The third-order valence-corrected chi connectivity index (χ3v) is 5.22. The summed E-state index contributed by atoms with van der Waals surface area (Å²) in [6, 6.07) is 8.77. The number of aromatic nitrogens is 1. The SMILES string of the molecule is CCNC(c1ccc(Br)cc1)c1nc2c(s1)CCC2. The Morgan fingerprint density at radius 2 is 2.11 bits per heavy atom. The first-order chi connectivity index (χ1) is 9.28. The molecule has 100 valence electrons. The maximum Gasteiger partial charge on any atom is 0.115 e. The molecular weight excluding hydrogens is 320 g/mol. The molecular formula is C15H17BrN2S. The Bertz CT molecular complexity index is 541. The molecule has 19 heavy (non-hydrogen) atoms. The van der Waals surface area contributed by atoms with Crippen molar-refractivity contribution in [2.45, 2.75) is 32.2 Å². The van der Waals surface area contributed by atoms with E-state index in [-0.39, 0.29) is 6.04 Å². The minimum absolute atomic E-state index is 0.230. The number of aryl methyl sites for hydroxylation is 2. The van der Waals surface area contributed by atoms with Gasteiger partial charge in [0, 0.05) is 9.35 Å². The zero-order chi connectivity index (χ0) is 13.2. The number of rotatable bonds is 4. The largest absolute Gasteiger partial charge is 0.305 e. The summed E-state index contributed by atoms with van der Waals surface area (Å²) in [6.07, 6.45) is 3.65. The van der Waals surface area contributed by atoms with Crippen molar-refractivity contribution in [3.05, 3.63) is 49.9 Å². The van der Waals surface area contributed by atoms with Crippen molar-refractivity contribution in [2.75, 3.05) is 6.54 Å². The fraction of sp³-hybridized carbons (Fsp3) is 0.400. The number of fused-ring (bicyclic) bond motifs is 1. The minimum atomic E-state index is 0.230. The van der Waals surface area contributed by atoms with E-state index >= 15 is 0 Å². The Morgan fingerprint density at radius 3 is 2.79 bits per heavy atom. The highest BCUT2D eigenvalue weighted by Gasteiger charge is 2.22. The van der Waals surface area contributed by atoms with Gasteiger partial charge in [-0.3, -0.25) is 0 Å². The second kappa shape index (κ2) is 5.73. The van der Waals surface area contributed by atoms with Crippen molar-refractivity contribution in [3.63, 3.8) is 0 Å². The van der Waals surface area contributed by atoms with Gasteiger partial charge in [0.25, 0.3) is 0 Å². The van der Waals surface area contributed by atoms with Gasteiger partial charge in [0.1, 0.15) is 5.01 Å². The molecule has 2 aromatic rings. The molecule has 1 unspecified atom stereocenters. The van der Waals surface area contributed by atoms with E-state index in [9.17, 15) is 0 Å². The summed E-state index contributed by atoms with van der Waals surface area (Å²) in [5.74, 6) is 0. The Hall–Kier alpha value is -0.710. The topological polar surface area (TPSA) is 24.9 Å². The Kier molecular flexibility index (Phi) is 4.01. The lowest BCUT2D eigenvalue weighted by Crippen LogP contribution is -2.21. The Labute approximate surface area is 126 Å². The lowest BCUT2D eigenvalue weighted by Gasteiger charge is -2.16. The number of nitrogens with zero attached hydrogens (tertiary/aromatic N) is 1. The monoisotopic (exact) mass is 336 g/mol. The van der Waals surface area contributed by atoms with Crippen molar-refractivity contribution in [3.8, 4) is 0 Å². The van der Waals surface area contributed by atoms with Gasteiger partial charge in [-0.25, -0.2) is 4.98 Å². The number of halogens is 1. The lowest BCUT2D eigenvalue weighted by atomic mass is 10.1. The maximum atomic E-state index is 4.85. The molecule has 1 N–H and O–H groups in total. The number of hydrogen-bond donors (Lipinski definition) is 1. The van der Waals surface area contributed by atoms with Crippen LogP contribution < -0.4 is 5.32 Å². The van der Waals surface area contributed by atoms with E-state index in [1.165, 1.54) is 34.0 Å². The van der Waals surface area contributed by atoms with Gasteiger partial charge in [-0.05, 0) is 43.5 Å². The third kappa shape index (κ3) is 2.76. The summed E-state index contributed by atoms with van der Waals surface area (Å²) >= 11 is 5.38. The molecule has 0 aliphatic heterocycles. The van der Waals surface area contributed by atoms with Crippen LogP contribution >= 0.6 is 27.3 Å². The van der Waals surface area contributed by atoms with Gasteiger partial charge in [-0.15, -0.1) is 11.3 Å². The predicted octanol–water partition coefficient (Wildman–Crippen LogP) is 4.09. The molecule has 0 amide bonds. The first kappa shape index (κ1) is 13.3. The standard InChI is InChI=1S/C15H17BrN2S/c1-2-17-14(10-6-8-11(16)9-7-10)15-18-12-4-3-5-13(12)19-15/h6-9,14,17H,2-5H2,1H3. The average Bonchev–Trinajstić information content (AvgIpc) is 2.98. The van der Waals surface area contributed by atoms with Gasteiger partial charge in [-0.2, -0.15) is 0 Å². The van der Waals surface area contributed by atoms with Crippen molar-refractivity contribution in [1.82, 2.24) is 10.3 Å². The quantitative estimate of drug-likeness (QED) is 0.909. The molecule has 0 saturated carbocycles. The van der Waals surface area contributed by atoms with Crippen LogP contribution in [0.5, 0.6) is 0 Å². The summed E-state index contributed by atoms with van der Waals surface area (Å²) in [6.45, 7) is 3.10. The zero-order valence-corrected chi connectivity index (χ0v) is 13.4. The second-order valence-electron chi connectivity index (χ2n) is 4.82. The van der Waals surface area contributed by atoms with Crippen LogP contribution in [-0.2, 0) is 12.8 Å². The lowest BCUT2D eigenvalue weighted by molar-refractivity contribution is 0.625. The summed E-state index contributed by atoms with van der Waals surface area (Å²) < 4.78 is 1.12. The molecule has 1 heterocycles. The zero-order valence-electron chi connectivity index (χ0n) is 10.9. The predicted molar refractivity (Wildman–Crippen MR) is 83.8 cm³/mol. The van der Waals surface area contributed by atoms with Crippen molar-refractivity contribution in [1.29, 1.82) is 0 Å². The summed E-state index contributed by atoms with van der Waals surface area (Å²) in [7, 11) is 0. The van der Waals surface area contributed by atoms with Crippen LogP contribution in [-0.4, -0.2) is 11.5 Å². The van der Waals surface area contributed by atoms with E-state index in [1.807, 2.05) is 11.3 Å². The first-order valence-corrected chi connectivity index (χ1v) is 8.36. The van der Waals surface area contributed by atoms with Crippen molar-refractivity contribution in [2.24, 2.45) is 0 Å². The van der Waals surface area contributed by atoms with Crippen molar-refractivity contribution >= 4 is 27.3 Å². The smallest absolute Gasteiger partial charge is 0.115 e. The van der Waals surface area contributed by atoms with Crippen molar-refractivity contribution < 1.29 is 0 Å². The van der Waals surface area contributed by atoms with Gasteiger partial charge in [0.2, 0.25) is 0 Å². The fourth-order valence-corrected chi connectivity index (χ4v) is 4.06. The highest BCUT2D eigenvalue weighted by Crippen LogP contribution is 2.33. The number of benzene rings is 1. The molecule has 1 aliphatic carbocycles. The van der Waals surface area contributed by atoms with E-state index in [2.05, 4.69) is 52.4 Å². The van der Waals surface area contributed by atoms with E-state index < -0.39 is 0 Å². The Balaban J connectivity index is 1.93. The van der Waals surface area contributed by atoms with E-state index in [0.29, 0.717) is 0 Å². The van der Waals surface area contributed by atoms with Crippen LogP contribution in [0, 0.1) is 0 Å². The number of nitrogens with one attached hydrogen (secondary N) is 1. The molecule has 0 saturated heterocycles. The molecule has 0 fully saturated rings. The summed E-state index contributed by atoms with van der Waals surface area (Å²) in [5.41, 5.74) is 2.62. The van der Waals surface area contributed by atoms with Crippen LogP contribution in [0.2, 0.25) is 0 Å². The van der Waals surface area contributed by atoms with Crippen LogP contribution in [0.25, 0.3) is 0 Å². The highest BCUT2D eigenvalue weighted by molar-refractivity contribution is 9.10. The molecule has 0 spiro atoms. The molecule has 0 radical (unpaired) electrons. The molecule has 4 heteroatoms. The maximum absolute atomic E-state index is 4.85. The average molecular weight is 337 g/mol. The second-order valence-corrected chi connectivity index (χ2v) is 6.85. The van der Waals surface area contributed by atoms with Crippen LogP contribution in [0.15, 0.2) is 28.7 Å². The van der Waals surface area contributed by atoms with Gasteiger partial charge in [0.05, 0.1) is 11.7 Å². The molecule has 1 aliphatic rings. The van der Waals surface area contributed by atoms with E-state index in [4.69, 9.17) is 4.98 Å². The molecule has 0 bridgehead atoms. The molecule has 1 atom stereocenters. The molecule has 2 nitrogen and oxygen atoms in total. The normalized spacial score (nSPS) is 15.5. The van der Waals surface area contributed by atoms with E-state index in [1.54, 1.807) is 0 Å². The number of thiazole rings is 1. The van der Waals surface area contributed by atoms with Gasteiger partial charge >= 0.3 is 0 Å². The van der Waals surface area contributed by atoms with Crippen LogP contribution in [0.4, 0.5) is 0 Å². The minimum Gasteiger partial charge on any atom is -0.305 e. The van der Waals surface area contributed by atoms with Gasteiger partial charge in [0.15, 0.2) is 0 Å². The molecule has 1 aromatic heterocycles. The van der Waals surface area contributed by atoms with Gasteiger partial charge in [-0.1, -0.05) is 35.0 Å². The van der Waals surface area contributed by atoms with E-state index in [0.717, 1.165) is 17.4 Å². The highest BCUT2D eigenvalue weighted by atomic mass is 79.9. The third-order valence-electron chi connectivity index (χ3n) is 3.47. The fourth-order valence-electron chi connectivity index (χ4n) is 2.54. The summed E-state index contributed by atoms with van der Waals surface area (Å²) in [5, 5.41) is 4.77. The molecule has 1 aromatic carbocycles. The number of hydrogen-bond acceptors (Lipinski definition) is 3. The van der Waals surface area contributed by atoms with Crippen LogP contribution in [0.1, 0.15) is 40.5 Å². The molecule has 3 rings (SSSR count). The van der Waals surface area contributed by atoms with Crippen LogP contribution in [0.3, 0.4) is 0 Å².